The highest BCUT2D eigenvalue weighted by molar-refractivity contribution is 4.97. The Morgan fingerprint density at radius 2 is 1.80 bits per heavy atom. The molecule has 0 amide bonds. The third-order valence-electron chi connectivity index (χ3n) is 3.20. The monoisotopic (exact) mass is 210 g/mol. The second-order valence-corrected chi connectivity index (χ2v) is 5.43. The van der Waals surface area contributed by atoms with E-state index in [2.05, 4.69) is 40.7 Å². The van der Waals surface area contributed by atoms with Gasteiger partial charge in [0.25, 0.3) is 0 Å². The highest BCUT2D eigenvalue weighted by Crippen LogP contribution is 2.15. The van der Waals surface area contributed by atoms with Crippen LogP contribution in [0, 0.1) is 11.8 Å². The molecule has 0 fully saturated rings. The van der Waals surface area contributed by atoms with E-state index in [4.69, 9.17) is 0 Å². The smallest absolute Gasteiger partial charge is 0.0323 e. The minimum atomic E-state index is 0.842. The van der Waals surface area contributed by atoms with E-state index in [9.17, 15) is 0 Å². The Labute approximate surface area is 97.2 Å². The second-order valence-electron chi connectivity index (χ2n) is 5.43. The molecular weight excluding hydrogens is 180 g/mol. The first-order chi connectivity index (χ1) is 7.06. The average molecular weight is 210 g/mol. The van der Waals surface area contributed by atoms with E-state index in [0.29, 0.717) is 0 Å². The van der Waals surface area contributed by atoms with Gasteiger partial charge in [0, 0.05) is 0 Å². The molecule has 0 spiro atoms. The molecule has 1 unspecified atom stereocenters. The van der Waals surface area contributed by atoms with E-state index in [1.807, 2.05) is 0 Å². The van der Waals surface area contributed by atoms with Crippen LogP contribution in [0.4, 0.5) is 0 Å². The maximum absolute atomic E-state index is 2.44. The summed E-state index contributed by atoms with van der Waals surface area (Å²) >= 11 is 0. The Bertz CT molecular complexity index is 165. The summed E-state index contributed by atoms with van der Waals surface area (Å²) in [5.41, 5.74) is 1.60. The molecule has 0 N–H and O–H groups in total. The van der Waals surface area contributed by atoms with Gasteiger partial charge in [0.2, 0.25) is 0 Å². The van der Waals surface area contributed by atoms with Crippen molar-refractivity contribution >= 4 is 0 Å². The maximum atomic E-state index is 2.44. The molecule has 0 aliphatic heterocycles. The zero-order valence-electron chi connectivity index (χ0n) is 11.5. The Balaban J connectivity index is 3.50. The summed E-state index contributed by atoms with van der Waals surface area (Å²) in [6.45, 7) is 11.5. The van der Waals surface area contributed by atoms with Crippen LogP contribution in [0.15, 0.2) is 11.6 Å². The topological polar surface area (TPSA) is 0 Å². The predicted octanol–water partition coefficient (Wildman–Crippen LogP) is 5.59. The molecule has 0 aromatic carbocycles. The van der Waals surface area contributed by atoms with Gasteiger partial charge in [-0.05, 0) is 44.4 Å². The van der Waals surface area contributed by atoms with E-state index in [-0.39, 0.29) is 0 Å². The SMILES string of the molecule is CCC(C)CCCC(C)=CCCC(C)C. The Morgan fingerprint density at radius 3 is 2.33 bits per heavy atom. The molecule has 0 aliphatic rings. The molecule has 0 nitrogen and oxygen atoms in total. The largest absolute Gasteiger partial charge is 0.0856 e. The molecule has 0 saturated carbocycles. The predicted molar refractivity (Wildman–Crippen MR) is 71.1 cm³/mol. The van der Waals surface area contributed by atoms with Gasteiger partial charge in [0.15, 0.2) is 0 Å². The number of hydrogen-bond donors (Lipinski definition) is 0. The summed E-state index contributed by atoms with van der Waals surface area (Å²) in [7, 11) is 0. The van der Waals surface area contributed by atoms with Crippen LogP contribution in [0.3, 0.4) is 0 Å². The van der Waals surface area contributed by atoms with E-state index >= 15 is 0 Å². The Hall–Kier alpha value is -0.260. The third kappa shape index (κ3) is 10.0. The molecule has 0 bridgehead atoms. The van der Waals surface area contributed by atoms with Gasteiger partial charge < -0.3 is 0 Å². The molecule has 0 saturated heterocycles. The van der Waals surface area contributed by atoms with Crippen molar-refractivity contribution in [3.63, 3.8) is 0 Å². The maximum Gasteiger partial charge on any atom is -0.0323 e. The summed E-state index contributed by atoms with van der Waals surface area (Å²) < 4.78 is 0. The van der Waals surface area contributed by atoms with E-state index < -0.39 is 0 Å². The Morgan fingerprint density at radius 1 is 1.13 bits per heavy atom. The lowest BCUT2D eigenvalue weighted by molar-refractivity contribution is 0.494. The number of rotatable bonds is 8. The van der Waals surface area contributed by atoms with Gasteiger partial charge >= 0.3 is 0 Å². The van der Waals surface area contributed by atoms with Gasteiger partial charge in [-0.3, -0.25) is 0 Å². The first kappa shape index (κ1) is 14.7. The van der Waals surface area contributed by atoms with E-state index in [0.717, 1.165) is 11.8 Å². The van der Waals surface area contributed by atoms with Crippen LogP contribution in [0.1, 0.15) is 73.1 Å². The minimum Gasteiger partial charge on any atom is -0.0856 e. The van der Waals surface area contributed by atoms with Crippen LogP contribution in [-0.2, 0) is 0 Å². The fourth-order valence-corrected chi connectivity index (χ4v) is 1.70. The first-order valence-electron chi connectivity index (χ1n) is 6.71. The van der Waals surface area contributed by atoms with Crippen molar-refractivity contribution in [3.8, 4) is 0 Å². The molecular formula is C15H30. The fourth-order valence-electron chi connectivity index (χ4n) is 1.70. The zero-order chi connectivity index (χ0) is 11.7. The third-order valence-corrected chi connectivity index (χ3v) is 3.20. The molecule has 90 valence electrons. The lowest BCUT2D eigenvalue weighted by atomic mass is 9.99. The molecule has 0 aromatic heterocycles. The molecule has 15 heavy (non-hydrogen) atoms. The summed E-state index contributed by atoms with van der Waals surface area (Å²) in [5.74, 6) is 1.75. The molecule has 0 radical (unpaired) electrons. The highest BCUT2D eigenvalue weighted by Gasteiger charge is 1.98. The normalized spacial score (nSPS) is 14.7. The first-order valence-corrected chi connectivity index (χ1v) is 6.71. The van der Waals surface area contributed by atoms with Crippen LogP contribution in [0.5, 0.6) is 0 Å². The van der Waals surface area contributed by atoms with Gasteiger partial charge in [-0.2, -0.15) is 0 Å². The minimum absolute atomic E-state index is 0.842. The van der Waals surface area contributed by atoms with Crippen LogP contribution in [0.2, 0.25) is 0 Å². The van der Waals surface area contributed by atoms with Gasteiger partial charge in [0.05, 0.1) is 0 Å². The molecule has 1 atom stereocenters. The molecule has 0 aromatic rings. The number of hydrogen-bond acceptors (Lipinski definition) is 0. The van der Waals surface area contributed by atoms with Crippen LogP contribution >= 0.6 is 0 Å². The second kappa shape index (κ2) is 9.00. The van der Waals surface area contributed by atoms with Gasteiger partial charge in [-0.25, -0.2) is 0 Å². The van der Waals surface area contributed by atoms with Crippen molar-refractivity contribution < 1.29 is 0 Å². The molecule has 0 heteroatoms. The Kier molecular flexibility index (Phi) is 8.85. The van der Waals surface area contributed by atoms with Crippen molar-refractivity contribution in [2.45, 2.75) is 73.1 Å². The molecule has 0 rings (SSSR count). The van der Waals surface area contributed by atoms with Crippen LogP contribution in [-0.4, -0.2) is 0 Å². The van der Waals surface area contributed by atoms with Crippen LogP contribution < -0.4 is 0 Å². The van der Waals surface area contributed by atoms with Crippen molar-refractivity contribution in [1.29, 1.82) is 0 Å². The van der Waals surface area contributed by atoms with Gasteiger partial charge in [-0.15, -0.1) is 0 Å². The van der Waals surface area contributed by atoms with E-state index in [1.54, 1.807) is 5.57 Å². The van der Waals surface area contributed by atoms with Crippen LogP contribution in [0.25, 0.3) is 0 Å². The van der Waals surface area contributed by atoms with Crippen molar-refractivity contribution in [2.75, 3.05) is 0 Å². The van der Waals surface area contributed by atoms with Gasteiger partial charge in [0.1, 0.15) is 0 Å². The highest BCUT2D eigenvalue weighted by atomic mass is 14.0. The summed E-state index contributed by atoms with van der Waals surface area (Å²) in [6.07, 6.45) is 10.5. The number of allylic oxidation sites excluding steroid dienone is 2. The lowest BCUT2D eigenvalue weighted by Crippen LogP contribution is -1.92. The van der Waals surface area contributed by atoms with Gasteiger partial charge in [-0.1, -0.05) is 52.2 Å². The van der Waals surface area contributed by atoms with Crippen molar-refractivity contribution in [1.82, 2.24) is 0 Å². The standard InChI is InChI=1S/C15H30/c1-6-14(4)10-8-12-15(5)11-7-9-13(2)3/h11,13-14H,6-10,12H2,1-5H3. The quantitative estimate of drug-likeness (QED) is 0.458. The van der Waals surface area contributed by atoms with E-state index in [1.165, 1.54) is 38.5 Å². The zero-order valence-corrected chi connectivity index (χ0v) is 11.5. The average Bonchev–Trinajstić information content (AvgIpc) is 2.17. The summed E-state index contributed by atoms with van der Waals surface area (Å²) in [5, 5.41) is 0. The molecule has 0 aliphatic carbocycles. The van der Waals surface area contributed by atoms with Crippen molar-refractivity contribution in [3.05, 3.63) is 11.6 Å². The summed E-state index contributed by atoms with van der Waals surface area (Å²) in [4.78, 5) is 0. The molecule has 0 heterocycles. The van der Waals surface area contributed by atoms with Crippen molar-refractivity contribution in [2.24, 2.45) is 11.8 Å². The lowest BCUT2D eigenvalue weighted by Gasteiger charge is -2.08. The fraction of sp³-hybridized carbons (Fsp3) is 0.867. The summed E-state index contributed by atoms with van der Waals surface area (Å²) in [6, 6.07) is 0.